The minimum absolute atomic E-state index is 0.833. The van der Waals surface area contributed by atoms with Crippen molar-refractivity contribution in [3.05, 3.63) is 30.1 Å². The Morgan fingerprint density at radius 1 is 0.958 bits per heavy atom. The molecule has 0 aliphatic heterocycles. The second-order valence-electron chi connectivity index (χ2n) is 6.23. The predicted octanol–water partition coefficient (Wildman–Crippen LogP) is 5.18. The van der Waals surface area contributed by atoms with E-state index in [1.807, 2.05) is 12.4 Å². The zero-order chi connectivity index (χ0) is 17.9. The minimum atomic E-state index is -0.833. The Labute approximate surface area is 148 Å². The first-order valence-corrected chi connectivity index (χ1v) is 9.46. The Morgan fingerprint density at radius 2 is 1.42 bits per heavy atom. The topological polar surface area (TPSA) is 62.2 Å². The van der Waals surface area contributed by atoms with E-state index in [1.165, 1.54) is 69.8 Å². The second-order valence-corrected chi connectivity index (χ2v) is 6.23. The molecular weight excluding hydrogens is 300 g/mol. The summed E-state index contributed by atoms with van der Waals surface area (Å²) < 4.78 is 0. The molecule has 0 fully saturated rings. The van der Waals surface area contributed by atoms with E-state index in [0.29, 0.717) is 0 Å². The van der Waals surface area contributed by atoms with E-state index in [-0.39, 0.29) is 0 Å². The molecule has 24 heavy (non-hydrogen) atoms. The number of nitrogens with one attached hydrogen (secondary N) is 1. The average Bonchev–Trinajstić information content (AvgIpc) is 2.56. The lowest BCUT2D eigenvalue weighted by atomic mass is 10.1. The summed E-state index contributed by atoms with van der Waals surface area (Å²) in [7, 11) is 0. The van der Waals surface area contributed by atoms with Crippen molar-refractivity contribution in [3.8, 4) is 0 Å². The number of unbranched alkanes of at least 4 members (excludes halogenated alkanes) is 9. The van der Waals surface area contributed by atoms with Crippen LogP contribution in [0.25, 0.3) is 0 Å². The summed E-state index contributed by atoms with van der Waals surface area (Å²) in [4.78, 5) is 13.0. The van der Waals surface area contributed by atoms with E-state index in [9.17, 15) is 0 Å². The highest BCUT2D eigenvalue weighted by atomic mass is 16.4. The molecule has 0 spiro atoms. The van der Waals surface area contributed by atoms with Gasteiger partial charge in [0.25, 0.3) is 5.97 Å². The number of aromatic nitrogens is 1. The fraction of sp³-hybridized carbons (Fsp3) is 0.700. The van der Waals surface area contributed by atoms with Gasteiger partial charge in [0.1, 0.15) is 0 Å². The first kappa shape index (κ1) is 22.6. The zero-order valence-corrected chi connectivity index (χ0v) is 15.6. The maximum absolute atomic E-state index is 9.00. The number of rotatable bonds is 13. The van der Waals surface area contributed by atoms with E-state index < -0.39 is 5.97 Å². The van der Waals surface area contributed by atoms with E-state index in [1.54, 1.807) is 0 Å². The number of nitrogens with zero attached hydrogens (tertiary/aromatic N) is 1. The van der Waals surface area contributed by atoms with E-state index in [2.05, 4.69) is 29.4 Å². The standard InChI is InChI=1S/C18H32N2.C2H4O2/c1-2-3-4-5-6-7-8-9-10-11-14-20-17-18-12-15-19-16-13-18;1-2(3)4/h12-13,15-16,20H,2-11,14,17H2,1H3;1H3,(H,3,4). The van der Waals surface area contributed by atoms with Crippen molar-refractivity contribution < 1.29 is 9.90 Å². The number of pyridine rings is 1. The van der Waals surface area contributed by atoms with Crippen LogP contribution in [-0.2, 0) is 11.3 Å². The summed E-state index contributed by atoms with van der Waals surface area (Å²) in [5.74, 6) is -0.833. The SMILES string of the molecule is CC(=O)O.CCCCCCCCCCCCNCc1ccncc1. The third-order valence-electron chi connectivity index (χ3n) is 3.79. The Kier molecular flexibility index (Phi) is 16.9. The predicted molar refractivity (Wildman–Crippen MR) is 101 cm³/mol. The van der Waals surface area contributed by atoms with Crippen LogP contribution in [0.2, 0.25) is 0 Å². The van der Waals surface area contributed by atoms with Gasteiger partial charge in [-0.1, -0.05) is 64.7 Å². The number of carbonyl (C=O) groups is 1. The second kappa shape index (κ2) is 17.9. The van der Waals surface area contributed by atoms with Crippen LogP contribution in [0.3, 0.4) is 0 Å². The molecule has 1 rings (SSSR count). The lowest BCUT2D eigenvalue weighted by Crippen LogP contribution is -2.14. The van der Waals surface area contributed by atoms with E-state index in [0.717, 1.165) is 20.0 Å². The normalized spacial score (nSPS) is 10.1. The number of aliphatic carboxylic acids is 1. The van der Waals surface area contributed by atoms with Crippen LogP contribution in [-0.4, -0.2) is 22.6 Å². The van der Waals surface area contributed by atoms with Crippen molar-refractivity contribution in [2.45, 2.75) is 84.6 Å². The highest BCUT2D eigenvalue weighted by Gasteiger charge is 1.94. The highest BCUT2D eigenvalue weighted by molar-refractivity contribution is 5.62. The van der Waals surface area contributed by atoms with Gasteiger partial charge < -0.3 is 10.4 Å². The van der Waals surface area contributed by atoms with Crippen molar-refractivity contribution >= 4 is 5.97 Å². The van der Waals surface area contributed by atoms with Crippen LogP contribution in [0, 0.1) is 0 Å². The Hall–Kier alpha value is -1.42. The fourth-order valence-corrected chi connectivity index (χ4v) is 2.47. The number of carboxylic acid groups (broad SMARTS) is 1. The summed E-state index contributed by atoms with van der Waals surface area (Å²) in [6.45, 7) is 5.47. The summed E-state index contributed by atoms with van der Waals surface area (Å²) >= 11 is 0. The Morgan fingerprint density at radius 3 is 1.92 bits per heavy atom. The zero-order valence-electron chi connectivity index (χ0n) is 15.6. The first-order valence-electron chi connectivity index (χ1n) is 9.46. The van der Waals surface area contributed by atoms with Gasteiger partial charge in [0.15, 0.2) is 0 Å². The molecule has 0 radical (unpaired) electrons. The molecule has 1 heterocycles. The van der Waals surface area contributed by atoms with Crippen LogP contribution >= 0.6 is 0 Å². The molecule has 0 saturated heterocycles. The van der Waals surface area contributed by atoms with Crippen molar-refractivity contribution in [1.29, 1.82) is 0 Å². The molecule has 0 bridgehead atoms. The molecule has 4 nitrogen and oxygen atoms in total. The molecule has 0 unspecified atom stereocenters. The van der Waals surface area contributed by atoms with E-state index >= 15 is 0 Å². The van der Waals surface area contributed by atoms with Gasteiger partial charge in [0, 0.05) is 25.9 Å². The molecule has 138 valence electrons. The third-order valence-corrected chi connectivity index (χ3v) is 3.79. The summed E-state index contributed by atoms with van der Waals surface area (Å²) in [6.07, 6.45) is 17.8. The molecule has 0 saturated carbocycles. The number of carboxylic acids is 1. The molecule has 0 atom stereocenters. The molecule has 1 aromatic heterocycles. The van der Waals surface area contributed by atoms with Gasteiger partial charge in [-0.15, -0.1) is 0 Å². The quantitative estimate of drug-likeness (QED) is 0.487. The lowest BCUT2D eigenvalue weighted by molar-refractivity contribution is -0.134. The first-order chi connectivity index (χ1) is 11.7. The monoisotopic (exact) mass is 336 g/mol. The minimum Gasteiger partial charge on any atom is -0.481 e. The molecule has 0 aliphatic rings. The highest BCUT2D eigenvalue weighted by Crippen LogP contribution is 2.10. The van der Waals surface area contributed by atoms with Crippen LogP contribution in [0.1, 0.15) is 83.6 Å². The molecule has 1 aromatic rings. The lowest BCUT2D eigenvalue weighted by Gasteiger charge is -2.05. The molecule has 0 amide bonds. The van der Waals surface area contributed by atoms with Crippen LogP contribution < -0.4 is 5.32 Å². The number of hydrogen-bond acceptors (Lipinski definition) is 3. The molecule has 0 aromatic carbocycles. The maximum atomic E-state index is 9.00. The number of hydrogen-bond donors (Lipinski definition) is 2. The van der Waals surface area contributed by atoms with Gasteiger partial charge in [-0.2, -0.15) is 0 Å². The van der Waals surface area contributed by atoms with Crippen molar-refractivity contribution in [2.75, 3.05) is 6.54 Å². The maximum Gasteiger partial charge on any atom is 0.300 e. The van der Waals surface area contributed by atoms with Gasteiger partial charge in [-0.3, -0.25) is 9.78 Å². The van der Waals surface area contributed by atoms with Gasteiger partial charge in [-0.25, -0.2) is 0 Å². The molecule has 0 aliphatic carbocycles. The molecular formula is C20H36N2O2. The van der Waals surface area contributed by atoms with Crippen LogP contribution in [0.5, 0.6) is 0 Å². The van der Waals surface area contributed by atoms with Crippen molar-refractivity contribution in [2.24, 2.45) is 0 Å². The van der Waals surface area contributed by atoms with Crippen molar-refractivity contribution in [1.82, 2.24) is 10.3 Å². The van der Waals surface area contributed by atoms with Gasteiger partial charge in [0.2, 0.25) is 0 Å². The third kappa shape index (κ3) is 18.6. The molecule has 2 N–H and O–H groups in total. The van der Waals surface area contributed by atoms with Crippen molar-refractivity contribution in [3.63, 3.8) is 0 Å². The van der Waals surface area contributed by atoms with Crippen LogP contribution in [0.4, 0.5) is 0 Å². The summed E-state index contributed by atoms with van der Waals surface area (Å²) in [5.41, 5.74) is 1.33. The average molecular weight is 337 g/mol. The van der Waals surface area contributed by atoms with Gasteiger partial charge in [0.05, 0.1) is 0 Å². The molecule has 4 heteroatoms. The largest absolute Gasteiger partial charge is 0.481 e. The van der Waals surface area contributed by atoms with Gasteiger partial charge >= 0.3 is 0 Å². The summed E-state index contributed by atoms with van der Waals surface area (Å²) in [6, 6.07) is 4.15. The summed E-state index contributed by atoms with van der Waals surface area (Å²) in [5, 5.41) is 10.9. The van der Waals surface area contributed by atoms with E-state index in [4.69, 9.17) is 9.90 Å². The smallest absolute Gasteiger partial charge is 0.300 e. The van der Waals surface area contributed by atoms with Gasteiger partial charge in [-0.05, 0) is 30.7 Å². The Bertz CT molecular complexity index is 378. The fourth-order valence-electron chi connectivity index (χ4n) is 2.47. The van der Waals surface area contributed by atoms with Crippen LogP contribution in [0.15, 0.2) is 24.5 Å². The Balaban J connectivity index is 0.00000118.